The average molecular weight is 528 g/mol. The number of aryl methyl sites for hydroxylation is 1. The minimum absolute atomic E-state index is 0. The fourth-order valence-electron chi connectivity index (χ4n) is 3.60. The van der Waals surface area contributed by atoms with Crippen molar-refractivity contribution in [3.8, 4) is 0 Å². The summed E-state index contributed by atoms with van der Waals surface area (Å²) < 4.78 is 0. The molecule has 0 atom stereocenters. The molecular weight excluding hydrogens is 493 g/mol. The van der Waals surface area contributed by atoms with Gasteiger partial charge in [-0.15, -0.1) is 35.3 Å². The summed E-state index contributed by atoms with van der Waals surface area (Å²) in [4.78, 5) is 9.53. The highest BCUT2D eigenvalue weighted by Crippen LogP contribution is 2.25. The van der Waals surface area contributed by atoms with Crippen LogP contribution in [0.4, 0.5) is 10.7 Å². The number of thiophene rings is 1. The molecule has 3 rings (SSSR count). The number of halogens is 1. The van der Waals surface area contributed by atoms with Gasteiger partial charge in [0, 0.05) is 45.5 Å². The van der Waals surface area contributed by atoms with Gasteiger partial charge in [-0.25, -0.2) is 4.99 Å². The first-order valence-electron chi connectivity index (χ1n) is 10.2. The Balaban J connectivity index is 0.00000300. The Kier molecular flexibility index (Phi) is 9.55. The summed E-state index contributed by atoms with van der Waals surface area (Å²) in [5.74, 6) is 0.919. The standard InChI is InChI=1S/C22H33N5S.HI/c1-5-23-22(24-16-18-9-8-17(2)15-20(18)26(3)4)25-19-10-12-27(13-11-19)21-7-6-14-28-21;/h6-9,14-15,19H,5,10-13,16H2,1-4H3,(H2,23,24,25);1H. The molecule has 0 unspecified atom stereocenters. The van der Waals surface area contributed by atoms with E-state index in [9.17, 15) is 0 Å². The fourth-order valence-corrected chi connectivity index (χ4v) is 4.38. The summed E-state index contributed by atoms with van der Waals surface area (Å²) in [6.07, 6.45) is 2.27. The Hall–Kier alpha value is -1.48. The third kappa shape index (κ3) is 6.77. The second-order valence-electron chi connectivity index (χ2n) is 7.58. The second kappa shape index (κ2) is 11.6. The monoisotopic (exact) mass is 527 g/mol. The van der Waals surface area contributed by atoms with E-state index < -0.39 is 0 Å². The van der Waals surface area contributed by atoms with Crippen LogP contribution in [0.1, 0.15) is 30.9 Å². The summed E-state index contributed by atoms with van der Waals surface area (Å²) in [6, 6.07) is 11.4. The number of guanidine groups is 1. The quantitative estimate of drug-likeness (QED) is 0.331. The molecule has 2 heterocycles. The highest BCUT2D eigenvalue weighted by Gasteiger charge is 2.20. The van der Waals surface area contributed by atoms with Crippen LogP contribution in [0, 0.1) is 6.92 Å². The van der Waals surface area contributed by atoms with Crippen molar-refractivity contribution in [2.75, 3.05) is 43.5 Å². The highest BCUT2D eigenvalue weighted by atomic mass is 127. The van der Waals surface area contributed by atoms with Crippen LogP contribution in [0.2, 0.25) is 0 Å². The maximum atomic E-state index is 4.88. The van der Waals surface area contributed by atoms with Crippen LogP contribution in [0.5, 0.6) is 0 Å². The zero-order valence-corrected chi connectivity index (χ0v) is 21.1. The summed E-state index contributed by atoms with van der Waals surface area (Å²) in [5, 5.41) is 10.6. The van der Waals surface area contributed by atoms with E-state index >= 15 is 0 Å². The molecule has 0 amide bonds. The largest absolute Gasteiger partial charge is 0.377 e. The normalized spacial score (nSPS) is 15.0. The van der Waals surface area contributed by atoms with Crippen molar-refractivity contribution < 1.29 is 0 Å². The number of anilines is 2. The lowest BCUT2D eigenvalue weighted by Crippen LogP contribution is -2.48. The first-order valence-corrected chi connectivity index (χ1v) is 11.0. The number of nitrogens with zero attached hydrogens (tertiary/aromatic N) is 3. The lowest BCUT2D eigenvalue weighted by atomic mass is 10.1. The van der Waals surface area contributed by atoms with E-state index in [2.05, 4.69) is 84.1 Å². The van der Waals surface area contributed by atoms with Crippen molar-refractivity contribution >= 4 is 52.0 Å². The van der Waals surface area contributed by atoms with Gasteiger partial charge in [-0.3, -0.25) is 0 Å². The predicted molar refractivity (Wildman–Crippen MR) is 138 cm³/mol. The van der Waals surface area contributed by atoms with E-state index in [0.717, 1.165) is 38.4 Å². The van der Waals surface area contributed by atoms with Gasteiger partial charge in [-0.1, -0.05) is 12.1 Å². The highest BCUT2D eigenvalue weighted by molar-refractivity contribution is 14.0. The van der Waals surface area contributed by atoms with Gasteiger partial charge in [0.25, 0.3) is 0 Å². The average Bonchev–Trinajstić information content (AvgIpc) is 3.22. The molecule has 0 bridgehead atoms. The molecule has 2 aromatic rings. The van der Waals surface area contributed by atoms with Crippen LogP contribution in [-0.2, 0) is 6.54 Å². The maximum Gasteiger partial charge on any atom is 0.191 e. The molecule has 0 radical (unpaired) electrons. The first kappa shape index (κ1) is 23.8. The van der Waals surface area contributed by atoms with Crippen LogP contribution in [0.25, 0.3) is 0 Å². The number of piperidine rings is 1. The van der Waals surface area contributed by atoms with E-state index in [0.29, 0.717) is 12.6 Å². The first-order chi connectivity index (χ1) is 13.6. The minimum Gasteiger partial charge on any atom is -0.377 e. The number of rotatable bonds is 6. The zero-order chi connectivity index (χ0) is 19.9. The second-order valence-corrected chi connectivity index (χ2v) is 8.50. The third-order valence-electron chi connectivity index (χ3n) is 5.13. The molecule has 2 N–H and O–H groups in total. The maximum absolute atomic E-state index is 4.88. The van der Waals surface area contributed by atoms with Gasteiger partial charge < -0.3 is 20.4 Å². The van der Waals surface area contributed by atoms with Crippen molar-refractivity contribution in [1.29, 1.82) is 0 Å². The van der Waals surface area contributed by atoms with Gasteiger partial charge >= 0.3 is 0 Å². The van der Waals surface area contributed by atoms with Crippen molar-refractivity contribution in [3.05, 3.63) is 46.8 Å². The van der Waals surface area contributed by atoms with Gasteiger partial charge in [0.2, 0.25) is 0 Å². The Morgan fingerprint density at radius 3 is 2.62 bits per heavy atom. The molecule has 7 heteroatoms. The summed E-state index contributed by atoms with van der Waals surface area (Å²) in [7, 11) is 4.18. The minimum atomic E-state index is 0. The number of nitrogens with one attached hydrogen (secondary N) is 2. The SMILES string of the molecule is CCNC(=NCc1ccc(C)cc1N(C)C)NC1CCN(c2cccs2)CC1.I. The zero-order valence-electron chi connectivity index (χ0n) is 17.9. The number of benzene rings is 1. The molecule has 1 aliphatic rings. The lowest BCUT2D eigenvalue weighted by molar-refractivity contribution is 0.463. The van der Waals surface area contributed by atoms with Gasteiger partial charge in [0.15, 0.2) is 5.96 Å². The molecule has 1 aromatic carbocycles. The van der Waals surface area contributed by atoms with Crippen LogP contribution < -0.4 is 20.4 Å². The Bertz CT molecular complexity index is 768. The molecule has 1 aliphatic heterocycles. The van der Waals surface area contributed by atoms with E-state index in [-0.39, 0.29) is 24.0 Å². The lowest BCUT2D eigenvalue weighted by Gasteiger charge is -2.33. The molecule has 0 spiro atoms. The van der Waals surface area contributed by atoms with Crippen molar-refractivity contribution in [2.24, 2.45) is 4.99 Å². The molecule has 0 aliphatic carbocycles. The van der Waals surface area contributed by atoms with Gasteiger partial charge in [-0.2, -0.15) is 0 Å². The number of hydrogen-bond acceptors (Lipinski definition) is 4. The molecule has 1 aromatic heterocycles. The molecular formula is C22H34IN5S. The van der Waals surface area contributed by atoms with E-state index in [4.69, 9.17) is 4.99 Å². The van der Waals surface area contributed by atoms with Gasteiger partial charge in [0.1, 0.15) is 0 Å². The van der Waals surface area contributed by atoms with Crippen molar-refractivity contribution in [2.45, 2.75) is 39.3 Å². The topological polar surface area (TPSA) is 42.9 Å². The van der Waals surface area contributed by atoms with Crippen LogP contribution >= 0.6 is 35.3 Å². The molecule has 1 saturated heterocycles. The summed E-state index contributed by atoms with van der Waals surface area (Å²) in [6.45, 7) is 7.99. The van der Waals surface area contributed by atoms with Gasteiger partial charge in [-0.05, 0) is 61.4 Å². The van der Waals surface area contributed by atoms with Crippen LogP contribution in [0.3, 0.4) is 0 Å². The van der Waals surface area contributed by atoms with Crippen molar-refractivity contribution in [1.82, 2.24) is 10.6 Å². The third-order valence-corrected chi connectivity index (χ3v) is 6.06. The Morgan fingerprint density at radius 2 is 2.00 bits per heavy atom. The van der Waals surface area contributed by atoms with Crippen LogP contribution in [-0.4, -0.2) is 45.7 Å². The predicted octanol–water partition coefficient (Wildman–Crippen LogP) is 4.46. The van der Waals surface area contributed by atoms with E-state index in [1.54, 1.807) is 0 Å². The van der Waals surface area contributed by atoms with E-state index in [1.807, 2.05) is 11.3 Å². The molecule has 160 valence electrons. The number of aliphatic imine (C=N–C) groups is 1. The molecule has 0 saturated carbocycles. The Morgan fingerprint density at radius 1 is 1.24 bits per heavy atom. The smallest absolute Gasteiger partial charge is 0.191 e. The van der Waals surface area contributed by atoms with E-state index in [1.165, 1.54) is 21.8 Å². The molecule has 29 heavy (non-hydrogen) atoms. The summed E-state index contributed by atoms with van der Waals surface area (Å²) in [5.41, 5.74) is 3.77. The van der Waals surface area contributed by atoms with Crippen molar-refractivity contribution in [3.63, 3.8) is 0 Å². The number of hydrogen-bond donors (Lipinski definition) is 2. The molecule has 5 nitrogen and oxygen atoms in total. The fraction of sp³-hybridized carbons (Fsp3) is 0.500. The Labute approximate surface area is 196 Å². The summed E-state index contributed by atoms with van der Waals surface area (Å²) >= 11 is 1.83. The van der Waals surface area contributed by atoms with Gasteiger partial charge in [0.05, 0.1) is 11.5 Å². The van der Waals surface area contributed by atoms with Crippen LogP contribution in [0.15, 0.2) is 40.7 Å². The molecule has 1 fully saturated rings.